The maximum Gasteiger partial charge on any atom is 0.271 e. The summed E-state index contributed by atoms with van der Waals surface area (Å²) in [5.41, 5.74) is 3.45. The first-order chi connectivity index (χ1) is 12.7. The number of nitrogens with zero attached hydrogens (tertiary/aromatic N) is 2. The molecule has 0 bridgehead atoms. The average molecular weight is 362 g/mol. The monoisotopic (exact) mass is 362 g/mol. The van der Waals surface area contributed by atoms with Crippen molar-refractivity contribution in [2.24, 2.45) is 0 Å². The van der Waals surface area contributed by atoms with Crippen LogP contribution in [-0.4, -0.2) is 27.4 Å². The molecule has 6 heteroatoms. The van der Waals surface area contributed by atoms with Crippen LogP contribution < -0.4 is 5.32 Å². The molecule has 2 aromatic carbocycles. The summed E-state index contributed by atoms with van der Waals surface area (Å²) in [7, 11) is 0. The van der Waals surface area contributed by atoms with E-state index in [0.717, 1.165) is 32.3 Å². The molecule has 4 rings (SSSR count). The van der Waals surface area contributed by atoms with Crippen LogP contribution in [0.1, 0.15) is 21.3 Å². The van der Waals surface area contributed by atoms with Crippen LogP contribution in [0.15, 0.2) is 54.6 Å². The number of imidazole rings is 1. The minimum absolute atomic E-state index is 0.149. The molecule has 0 fully saturated rings. The minimum Gasteiger partial charge on any atom is -0.350 e. The third-order valence-electron chi connectivity index (χ3n) is 4.07. The average Bonchev–Trinajstić information content (AvgIpc) is 3.25. The number of carbonyl (C=O) groups is 1. The van der Waals surface area contributed by atoms with Crippen LogP contribution in [0.25, 0.3) is 21.5 Å². The summed E-state index contributed by atoms with van der Waals surface area (Å²) in [6, 6.07) is 17.8. The van der Waals surface area contributed by atoms with Crippen molar-refractivity contribution in [3.05, 3.63) is 71.1 Å². The van der Waals surface area contributed by atoms with E-state index in [9.17, 15) is 4.79 Å². The summed E-state index contributed by atoms with van der Waals surface area (Å²) in [5, 5.41) is 3.84. The molecule has 5 nitrogen and oxygen atoms in total. The largest absolute Gasteiger partial charge is 0.350 e. The highest BCUT2D eigenvalue weighted by molar-refractivity contribution is 7.15. The van der Waals surface area contributed by atoms with Gasteiger partial charge in [0.2, 0.25) is 0 Å². The van der Waals surface area contributed by atoms with E-state index in [1.54, 1.807) is 0 Å². The number of carbonyl (C=O) groups excluding carboxylic acids is 1. The van der Waals surface area contributed by atoms with Gasteiger partial charge in [-0.25, -0.2) is 9.97 Å². The zero-order valence-electron chi connectivity index (χ0n) is 14.3. The number of hydrogen-bond acceptors (Lipinski definition) is 4. The van der Waals surface area contributed by atoms with Crippen molar-refractivity contribution < 1.29 is 4.79 Å². The quantitative estimate of drug-likeness (QED) is 0.564. The highest BCUT2D eigenvalue weighted by atomic mass is 32.1. The number of hydrogen-bond donors (Lipinski definition) is 2. The van der Waals surface area contributed by atoms with Crippen molar-refractivity contribution in [3.8, 4) is 10.4 Å². The summed E-state index contributed by atoms with van der Waals surface area (Å²) in [5.74, 6) is 0.716. The van der Waals surface area contributed by atoms with Crippen LogP contribution >= 0.6 is 11.3 Å². The number of aromatic amines is 1. The van der Waals surface area contributed by atoms with Gasteiger partial charge in [-0.15, -0.1) is 11.3 Å². The van der Waals surface area contributed by atoms with Crippen LogP contribution in [0.4, 0.5) is 0 Å². The number of rotatable bonds is 5. The molecular formula is C20H18N4OS. The van der Waals surface area contributed by atoms with Gasteiger partial charge in [0, 0.05) is 13.0 Å². The van der Waals surface area contributed by atoms with E-state index in [2.05, 4.69) is 20.3 Å². The zero-order chi connectivity index (χ0) is 17.9. The Labute approximate surface area is 155 Å². The summed E-state index contributed by atoms with van der Waals surface area (Å²) >= 11 is 1.54. The molecule has 0 saturated heterocycles. The lowest BCUT2D eigenvalue weighted by Crippen LogP contribution is -2.26. The maximum absolute atomic E-state index is 12.6. The Bertz CT molecular complexity index is 1020. The summed E-state index contributed by atoms with van der Waals surface area (Å²) < 4.78 is 0. The molecule has 0 atom stereocenters. The standard InChI is InChI=1S/C20H18N4OS/c1-13-22-18(19(26-13)14-7-3-2-4-8-14)20(25)21-12-11-17-23-15-9-5-6-10-16(15)24-17/h2-10H,11-12H2,1H3,(H,21,25)(H,23,24). The number of nitrogens with one attached hydrogen (secondary N) is 2. The van der Waals surface area contributed by atoms with Gasteiger partial charge in [0.1, 0.15) is 11.5 Å². The Kier molecular flexibility index (Phi) is 4.50. The first-order valence-corrected chi connectivity index (χ1v) is 9.27. The molecular weight excluding hydrogens is 344 g/mol. The fourth-order valence-electron chi connectivity index (χ4n) is 2.87. The molecule has 0 aliphatic carbocycles. The molecule has 0 aliphatic heterocycles. The highest BCUT2D eigenvalue weighted by Crippen LogP contribution is 2.29. The van der Waals surface area contributed by atoms with Gasteiger partial charge in [0.25, 0.3) is 5.91 Å². The molecule has 2 heterocycles. The molecule has 0 saturated carbocycles. The molecule has 2 N–H and O–H groups in total. The Hall–Kier alpha value is -2.99. The molecule has 0 aliphatic rings. The Morgan fingerprint density at radius 1 is 1.08 bits per heavy atom. The first-order valence-electron chi connectivity index (χ1n) is 8.45. The van der Waals surface area contributed by atoms with Gasteiger partial charge in [0.15, 0.2) is 0 Å². The number of H-pyrrole nitrogens is 1. The molecule has 1 amide bonds. The van der Waals surface area contributed by atoms with Gasteiger partial charge in [-0.1, -0.05) is 42.5 Å². The van der Waals surface area contributed by atoms with E-state index in [4.69, 9.17) is 0 Å². The van der Waals surface area contributed by atoms with Crippen molar-refractivity contribution in [2.75, 3.05) is 6.54 Å². The lowest BCUT2D eigenvalue weighted by Gasteiger charge is -2.04. The normalized spacial score (nSPS) is 11.0. The van der Waals surface area contributed by atoms with Crippen molar-refractivity contribution >= 4 is 28.3 Å². The number of amides is 1. The van der Waals surface area contributed by atoms with Gasteiger partial charge < -0.3 is 10.3 Å². The number of benzene rings is 2. The van der Waals surface area contributed by atoms with E-state index in [1.807, 2.05) is 61.5 Å². The number of aryl methyl sites for hydroxylation is 1. The van der Waals surface area contributed by atoms with Crippen LogP contribution in [-0.2, 0) is 6.42 Å². The third-order valence-corrected chi connectivity index (χ3v) is 5.09. The lowest BCUT2D eigenvalue weighted by atomic mass is 10.1. The van der Waals surface area contributed by atoms with E-state index >= 15 is 0 Å². The lowest BCUT2D eigenvalue weighted by molar-refractivity contribution is 0.0950. The summed E-state index contributed by atoms with van der Waals surface area (Å²) in [6.45, 7) is 2.42. The van der Waals surface area contributed by atoms with E-state index < -0.39 is 0 Å². The van der Waals surface area contributed by atoms with Gasteiger partial charge >= 0.3 is 0 Å². The predicted octanol–water partition coefficient (Wildman–Crippen LogP) is 3.97. The maximum atomic E-state index is 12.6. The van der Waals surface area contributed by atoms with E-state index in [0.29, 0.717) is 18.7 Å². The second-order valence-corrected chi connectivity index (χ2v) is 7.19. The smallest absolute Gasteiger partial charge is 0.271 e. The molecule has 0 unspecified atom stereocenters. The number of para-hydroxylation sites is 2. The molecule has 26 heavy (non-hydrogen) atoms. The molecule has 2 aromatic heterocycles. The minimum atomic E-state index is -0.149. The number of aromatic nitrogens is 3. The van der Waals surface area contributed by atoms with Crippen LogP contribution in [0.2, 0.25) is 0 Å². The van der Waals surface area contributed by atoms with Gasteiger partial charge in [0.05, 0.1) is 20.9 Å². The van der Waals surface area contributed by atoms with Crippen LogP contribution in [0.5, 0.6) is 0 Å². The predicted molar refractivity (Wildman–Crippen MR) is 104 cm³/mol. The molecule has 0 radical (unpaired) electrons. The summed E-state index contributed by atoms with van der Waals surface area (Å²) in [6.07, 6.45) is 0.643. The van der Waals surface area contributed by atoms with E-state index in [-0.39, 0.29) is 5.91 Å². The van der Waals surface area contributed by atoms with Gasteiger partial charge in [-0.05, 0) is 24.6 Å². The van der Waals surface area contributed by atoms with Crippen LogP contribution in [0, 0.1) is 6.92 Å². The molecule has 130 valence electrons. The number of thiazole rings is 1. The SMILES string of the molecule is Cc1nc(C(=O)NCCc2nc3ccccc3[nH]2)c(-c2ccccc2)s1. The third kappa shape index (κ3) is 3.36. The van der Waals surface area contributed by atoms with Crippen molar-refractivity contribution in [1.29, 1.82) is 0 Å². The fraction of sp³-hybridized carbons (Fsp3) is 0.150. The molecule has 0 spiro atoms. The number of fused-ring (bicyclic) bond motifs is 1. The Balaban J connectivity index is 1.45. The van der Waals surface area contributed by atoms with Crippen molar-refractivity contribution in [1.82, 2.24) is 20.3 Å². The van der Waals surface area contributed by atoms with Gasteiger partial charge in [-0.3, -0.25) is 4.79 Å². The second kappa shape index (κ2) is 7.09. The van der Waals surface area contributed by atoms with Crippen molar-refractivity contribution in [2.45, 2.75) is 13.3 Å². The van der Waals surface area contributed by atoms with E-state index in [1.165, 1.54) is 11.3 Å². The first kappa shape index (κ1) is 16.5. The van der Waals surface area contributed by atoms with Crippen LogP contribution in [0.3, 0.4) is 0 Å². The Morgan fingerprint density at radius 2 is 1.85 bits per heavy atom. The van der Waals surface area contributed by atoms with Crippen molar-refractivity contribution in [3.63, 3.8) is 0 Å². The highest BCUT2D eigenvalue weighted by Gasteiger charge is 2.18. The second-order valence-electron chi connectivity index (χ2n) is 5.98. The van der Waals surface area contributed by atoms with Gasteiger partial charge in [-0.2, -0.15) is 0 Å². The topological polar surface area (TPSA) is 70.7 Å². The molecule has 4 aromatic rings. The fourth-order valence-corrected chi connectivity index (χ4v) is 3.79. The Morgan fingerprint density at radius 3 is 2.65 bits per heavy atom. The summed E-state index contributed by atoms with van der Waals surface area (Å²) in [4.78, 5) is 25.8. The zero-order valence-corrected chi connectivity index (χ0v) is 15.1.